The molecule has 1 atom stereocenters. The summed E-state index contributed by atoms with van der Waals surface area (Å²) in [5.41, 5.74) is 1.26. The van der Waals surface area contributed by atoms with Gasteiger partial charge in [0.05, 0.1) is 12.7 Å². The number of aliphatic hydroxyl groups is 2. The Kier molecular flexibility index (Phi) is 6.43. The first-order valence-corrected chi connectivity index (χ1v) is 6.11. The van der Waals surface area contributed by atoms with Crippen molar-refractivity contribution in [1.29, 1.82) is 0 Å². The number of β-amino-alcohol motifs (C(OH)–C–C–N with tert-alkyl or cyclic N) is 1. The van der Waals surface area contributed by atoms with Crippen LogP contribution < -0.4 is 4.90 Å². The Morgan fingerprint density at radius 1 is 1.06 bits per heavy atom. The molecule has 1 saturated heterocycles. The molecule has 18 heavy (non-hydrogen) atoms. The molecule has 2 rings (SSSR count). The Hall–Kier alpha value is -0.810. The lowest BCUT2D eigenvalue weighted by Crippen LogP contribution is -2.49. The van der Waals surface area contributed by atoms with Gasteiger partial charge in [0.1, 0.15) is 0 Å². The molecule has 0 unspecified atom stereocenters. The van der Waals surface area contributed by atoms with Crippen molar-refractivity contribution in [2.24, 2.45) is 0 Å². The first kappa shape index (κ1) is 15.2. The van der Waals surface area contributed by atoms with Crippen molar-refractivity contribution in [2.75, 3.05) is 44.2 Å². The molecule has 1 aromatic carbocycles. The smallest absolute Gasteiger partial charge is 0.0897 e. The highest BCUT2D eigenvalue weighted by molar-refractivity contribution is 5.85. The zero-order chi connectivity index (χ0) is 12.1. The van der Waals surface area contributed by atoms with Gasteiger partial charge in [0.2, 0.25) is 0 Å². The summed E-state index contributed by atoms with van der Waals surface area (Å²) in [4.78, 5) is 4.54. The van der Waals surface area contributed by atoms with Crippen molar-refractivity contribution in [3.63, 3.8) is 0 Å². The fourth-order valence-corrected chi connectivity index (χ4v) is 2.18. The lowest BCUT2D eigenvalue weighted by molar-refractivity contribution is 0.0575. The molecule has 0 spiro atoms. The van der Waals surface area contributed by atoms with Crippen LogP contribution in [-0.4, -0.2) is 60.5 Å². The van der Waals surface area contributed by atoms with E-state index in [1.807, 2.05) is 6.07 Å². The van der Waals surface area contributed by atoms with Gasteiger partial charge in [-0.2, -0.15) is 0 Å². The number of hydrogen-bond acceptors (Lipinski definition) is 4. The van der Waals surface area contributed by atoms with Crippen molar-refractivity contribution in [3.8, 4) is 0 Å². The van der Waals surface area contributed by atoms with Crippen LogP contribution in [0.2, 0.25) is 0 Å². The predicted molar refractivity (Wildman–Crippen MR) is 75.4 cm³/mol. The maximum atomic E-state index is 9.39. The second kappa shape index (κ2) is 7.59. The van der Waals surface area contributed by atoms with Crippen molar-refractivity contribution >= 4 is 18.1 Å². The number of hydrogen-bond donors (Lipinski definition) is 2. The monoisotopic (exact) mass is 272 g/mol. The number of aliphatic hydroxyl groups excluding tert-OH is 2. The molecule has 0 radical (unpaired) electrons. The summed E-state index contributed by atoms with van der Waals surface area (Å²) in [6.45, 7) is 4.24. The molecule has 4 nitrogen and oxygen atoms in total. The lowest BCUT2D eigenvalue weighted by Gasteiger charge is -2.36. The van der Waals surface area contributed by atoms with Crippen LogP contribution >= 0.6 is 12.4 Å². The third-order valence-corrected chi connectivity index (χ3v) is 3.17. The van der Waals surface area contributed by atoms with Crippen LogP contribution in [0.25, 0.3) is 0 Å². The Labute approximate surface area is 114 Å². The second-order valence-corrected chi connectivity index (χ2v) is 4.46. The number of piperazine rings is 1. The summed E-state index contributed by atoms with van der Waals surface area (Å²) in [6.07, 6.45) is -0.613. The van der Waals surface area contributed by atoms with Gasteiger partial charge in [-0.3, -0.25) is 4.90 Å². The maximum Gasteiger partial charge on any atom is 0.0897 e. The predicted octanol–water partition coefficient (Wildman–Crippen LogP) is 0.584. The quantitative estimate of drug-likeness (QED) is 0.842. The van der Waals surface area contributed by atoms with Crippen molar-refractivity contribution in [1.82, 2.24) is 4.90 Å². The fourth-order valence-electron chi connectivity index (χ4n) is 2.18. The number of benzene rings is 1. The number of para-hydroxylation sites is 1. The van der Waals surface area contributed by atoms with Gasteiger partial charge in [-0.15, -0.1) is 12.4 Å². The highest BCUT2D eigenvalue weighted by Crippen LogP contribution is 2.15. The van der Waals surface area contributed by atoms with Gasteiger partial charge in [0.15, 0.2) is 0 Å². The van der Waals surface area contributed by atoms with Gasteiger partial charge >= 0.3 is 0 Å². The molecule has 0 aliphatic carbocycles. The summed E-state index contributed by atoms with van der Waals surface area (Å²) in [5, 5.41) is 18.2. The summed E-state index contributed by atoms with van der Waals surface area (Å²) in [7, 11) is 0. The van der Waals surface area contributed by atoms with E-state index in [-0.39, 0.29) is 19.0 Å². The molecule has 102 valence electrons. The molecule has 0 saturated carbocycles. The molecule has 0 bridgehead atoms. The minimum Gasteiger partial charge on any atom is -0.394 e. The summed E-state index contributed by atoms with van der Waals surface area (Å²) in [5.74, 6) is 0. The van der Waals surface area contributed by atoms with Crippen LogP contribution in [0.15, 0.2) is 30.3 Å². The number of rotatable bonds is 4. The van der Waals surface area contributed by atoms with E-state index in [2.05, 4.69) is 34.1 Å². The summed E-state index contributed by atoms with van der Waals surface area (Å²) < 4.78 is 0. The zero-order valence-electron chi connectivity index (χ0n) is 10.4. The third kappa shape index (κ3) is 4.14. The van der Waals surface area contributed by atoms with Gasteiger partial charge in [-0.25, -0.2) is 0 Å². The first-order valence-electron chi connectivity index (χ1n) is 6.11. The van der Waals surface area contributed by atoms with Crippen LogP contribution in [0, 0.1) is 0 Å². The molecule has 5 heteroatoms. The Balaban J connectivity index is 0.00000162. The largest absolute Gasteiger partial charge is 0.394 e. The van der Waals surface area contributed by atoms with E-state index < -0.39 is 6.10 Å². The molecule has 1 fully saturated rings. The molecule has 1 aliphatic rings. The SMILES string of the molecule is Cl.OC[C@H](O)CN1CCN(c2ccccc2)CC1. The zero-order valence-corrected chi connectivity index (χ0v) is 11.2. The van der Waals surface area contributed by atoms with Crippen LogP contribution in [-0.2, 0) is 0 Å². The van der Waals surface area contributed by atoms with Crippen molar-refractivity contribution in [3.05, 3.63) is 30.3 Å². The minimum atomic E-state index is -0.613. The highest BCUT2D eigenvalue weighted by Gasteiger charge is 2.18. The van der Waals surface area contributed by atoms with Crippen LogP contribution in [0.3, 0.4) is 0 Å². The number of halogens is 1. The van der Waals surface area contributed by atoms with E-state index in [4.69, 9.17) is 5.11 Å². The summed E-state index contributed by atoms with van der Waals surface area (Å²) >= 11 is 0. The molecular weight excluding hydrogens is 252 g/mol. The van der Waals surface area contributed by atoms with Crippen LogP contribution in [0.5, 0.6) is 0 Å². The fraction of sp³-hybridized carbons (Fsp3) is 0.538. The number of nitrogens with zero attached hydrogens (tertiary/aromatic N) is 2. The van der Waals surface area contributed by atoms with E-state index in [1.165, 1.54) is 5.69 Å². The number of anilines is 1. The highest BCUT2D eigenvalue weighted by atomic mass is 35.5. The van der Waals surface area contributed by atoms with Crippen molar-refractivity contribution in [2.45, 2.75) is 6.10 Å². The third-order valence-electron chi connectivity index (χ3n) is 3.17. The van der Waals surface area contributed by atoms with E-state index in [1.54, 1.807) is 0 Å². The molecule has 1 heterocycles. The van der Waals surface area contributed by atoms with E-state index in [9.17, 15) is 5.11 Å². The molecule has 0 aromatic heterocycles. The molecule has 0 amide bonds. The van der Waals surface area contributed by atoms with Gasteiger partial charge in [-0.05, 0) is 12.1 Å². The standard InChI is InChI=1S/C13H20N2O2.ClH/c16-11-13(17)10-14-6-8-15(9-7-14)12-4-2-1-3-5-12;/h1-5,13,16-17H,6-11H2;1H/t13-;/m1./s1. The summed E-state index contributed by atoms with van der Waals surface area (Å²) in [6, 6.07) is 10.4. The molecular formula is C13H21ClN2O2. The molecule has 1 aliphatic heterocycles. The van der Waals surface area contributed by atoms with Crippen molar-refractivity contribution < 1.29 is 10.2 Å². The van der Waals surface area contributed by atoms with Gasteiger partial charge in [0.25, 0.3) is 0 Å². The maximum absolute atomic E-state index is 9.39. The van der Waals surface area contributed by atoms with Gasteiger partial charge in [-0.1, -0.05) is 18.2 Å². The van der Waals surface area contributed by atoms with Gasteiger partial charge in [0, 0.05) is 38.4 Å². The van der Waals surface area contributed by atoms with Gasteiger partial charge < -0.3 is 15.1 Å². The Morgan fingerprint density at radius 2 is 1.67 bits per heavy atom. The van der Waals surface area contributed by atoms with Crippen LogP contribution in [0.1, 0.15) is 0 Å². The average Bonchev–Trinajstić information content (AvgIpc) is 2.40. The molecule has 2 N–H and O–H groups in total. The Morgan fingerprint density at radius 3 is 2.22 bits per heavy atom. The van der Waals surface area contributed by atoms with Crippen LogP contribution in [0.4, 0.5) is 5.69 Å². The van der Waals surface area contributed by atoms with E-state index in [0.717, 1.165) is 26.2 Å². The lowest BCUT2D eigenvalue weighted by atomic mass is 10.2. The van der Waals surface area contributed by atoms with E-state index in [0.29, 0.717) is 6.54 Å². The second-order valence-electron chi connectivity index (χ2n) is 4.46. The molecule has 1 aromatic rings. The first-order chi connectivity index (χ1) is 8.29. The topological polar surface area (TPSA) is 46.9 Å². The average molecular weight is 273 g/mol. The minimum absolute atomic E-state index is 0. The normalized spacial score (nSPS) is 18.2. The van der Waals surface area contributed by atoms with E-state index >= 15 is 0 Å². The Bertz CT molecular complexity index is 329.